The number of primary amides is 1. The average Bonchev–Trinajstić information content (AvgIpc) is 2.66. The van der Waals surface area contributed by atoms with Crippen molar-refractivity contribution >= 4 is 35.6 Å². The summed E-state index contributed by atoms with van der Waals surface area (Å²) in [6, 6.07) is -5.65. The van der Waals surface area contributed by atoms with Crippen molar-refractivity contribution in [2.75, 3.05) is 0 Å². The van der Waals surface area contributed by atoms with Gasteiger partial charge in [0.15, 0.2) is 0 Å². The number of carboxylic acids is 2. The Morgan fingerprint density at radius 1 is 0.848 bits per heavy atom. The van der Waals surface area contributed by atoms with Gasteiger partial charge in [0.2, 0.25) is 23.6 Å². The summed E-state index contributed by atoms with van der Waals surface area (Å²) in [6.07, 6.45) is -2.74. The van der Waals surface area contributed by atoms with Crippen LogP contribution in [0.4, 0.5) is 0 Å². The van der Waals surface area contributed by atoms with Crippen LogP contribution < -0.4 is 27.4 Å². The molecule has 0 saturated heterocycles. The summed E-state index contributed by atoms with van der Waals surface area (Å²) in [5, 5.41) is 34.6. The third-order valence-corrected chi connectivity index (χ3v) is 4.42. The normalized spacial score (nSPS) is 15.5. The number of nitrogens with one attached hydrogen (secondary N) is 3. The zero-order chi connectivity index (χ0) is 25.9. The number of nitrogens with two attached hydrogens (primary N) is 2. The minimum absolute atomic E-state index is 0.0975. The first kappa shape index (κ1) is 29.7. The van der Waals surface area contributed by atoms with Gasteiger partial charge in [-0.15, -0.1) is 0 Å². The van der Waals surface area contributed by atoms with E-state index in [9.17, 15) is 39.0 Å². The summed E-state index contributed by atoms with van der Waals surface area (Å²) in [5.74, 6) is -6.42. The molecule has 0 aliphatic carbocycles. The Kier molecular flexibility index (Phi) is 12.6. The molecule has 14 heteroatoms. The lowest BCUT2D eigenvalue weighted by Crippen LogP contribution is -2.60. The molecule has 0 saturated carbocycles. The summed E-state index contributed by atoms with van der Waals surface area (Å²) in [4.78, 5) is 70.5. The molecule has 0 aliphatic rings. The maximum Gasteiger partial charge on any atom is 0.326 e. The molecule has 10 N–H and O–H groups in total. The average molecular weight is 475 g/mol. The van der Waals surface area contributed by atoms with Crippen molar-refractivity contribution in [1.29, 1.82) is 0 Å². The number of carbonyl (C=O) groups is 6. The van der Waals surface area contributed by atoms with E-state index < -0.39 is 85.1 Å². The summed E-state index contributed by atoms with van der Waals surface area (Å²) >= 11 is 0. The number of rotatable bonds is 15. The Hall–Kier alpha value is -3.26. The third kappa shape index (κ3) is 11.8. The Morgan fingerprint density at radius 3 is 1.82 bits per heavy atom. The summed E-state index contributed by atoms with van der Waals surface area (Å²) in [7, 11) is 0. The molecule has 14 nitrogen and oxygen atoms in total. The van der Waals surface area contributed by atoms with Gasteiger partial charge in [0.05, 0.1) is 18.6 Å². The molecule has 0 bridgehead atoms. The molecule has 33 heavy (non-hydrogen) atoms. The second-order valence-corrected chi connectivity index (χ2v) is 8.03. The first-order valence-electron chi connectivity index (χ1n) is 10.2. The van der Waals surface area contributed by atoms with E-state index in [4.69, 9.17) is 16.6 Å². The SMILES string of the molecule is CC(C)CC(NC(=O)C(N)CC(N)=O)C(=O)NC(C(=O)NC(CCC(=O)O)C(=O)O)C(C)O. The highest BCUT2D eigenvalue weighted by molar-refractivity contribution is 5.95. The number of hydrogen-bond acceptors (Lipinski definition) is 8. The van der Waals surface area contributed by atoms with E-state index in [1.165, 1.54) is 6.92 Å². The van der Waals surface area contributed by atoms with Crippen LogP contribution in [0.25, 0.3) is 0 Å². The highest BCUT2D eigenvalue weighted by Gasteiger charge is 2.33. The molecule has 0 spiro atoms. The van der Waals surface area contributed by atoms with Crippen molar-refractivity contribution in [3.8, 4) is 0 Å². The van der Waals surface area contributed by atoms with E-state index >= 15 is 0 Å². The first-order chi connectivity index (χ1) is 15.1. The van der Waals surface area contributed by atoms with Crippen LogP contribution in [0.1, 0.15) is 46.5 Å². The number of hydrogen-bond donors (Lipinski definition) is 8. The van der Waals surface area contributed by atoms with Gasteiger partial charge < -0.3 is 42.7 Å². The van der Waals surface area contributed by atoms with E-state index in [2.05, 4.69) is 16.0 Å². The van der Waals surface area contributed by atoms with Crippen molar-refractivity contribution in [3.63, 3.8) is 0 Å². The van der Waals surface area contributed by atoms with Gasteiger partial charge in [0, 0.05) is 6.42 Å². The number of carboxylic acid groups (broad SMARTS) is 2. The highest BCUT2D eigenvalue weighted by Crippen LogP contribution is 2.08. The highest BCUT2D eigenvalue weighted by atomic mass is 16.4. The molecule has 0 heterocycles. The Bertz CT molecular complexity index is 741. The smallest absolute Gasteiger partial charge is 0.326 e. The molecule has 188 valence electrons. The first-order valence-corrected chi connectivity index (χ1v) is 10.2. The van der Waals surface area contributed by atoms with Crippen molar-refractivity contribution in [1.82, 2.24) is 16.0 Å². The molecule has 4 amide bonds. The van der Waals surface area contributed by atoms with Crippen LogP contribution in [-0.2, 0) is 28.8 Å². The molecule has 5 atom stereocenters. The Morgan fingerprint density at radius 2 is 1.39 bits per heavy atom. The van der Waals surface area contributed by atoms with Gasteiger partial charge in [-0.05, 0) is 25.7 Å². The van der Waals surface area contributed by atoms with E-state index in [1.807, 2.05) is 0 Å². The van der Waals surface area contributed by atoms with Crippen LogP contribution in [0.3, 0.4) is 0 Å². The van der Waals surface area contributed by atoms with Gasteiger partial charge in [-0.25, -0.2) is 4.79 Å². The van der Waals surface area contributed by atoms with Crippen molar-refractivity contribution < 1.29 is 44.1 Å². The van der Waals surface area contributed by atoms with Crippen LogP contribution in [0.15, 0.2) is 0 Å². The van der Waals surface area contributed by atoms with Crippen LogP contribution in [0.5, 0.6) is 0 Å². The number of aliphatic carboxylic acids is 2. The van der Waals surface area contributed by atoms with Gasteiger partial charge in [0.1, 0.15) is 18.1 Å². The van der Waals surface area contributed by atoms with E-state index in [0.29, 0.717) is 0 Å². The molecule has 0 aromatic heterocycles. The third-order valence-electron chi connectivity index (χ3n) is 4.42. The minimum Gasteiger partial charge on any atom is -0.481 e. The fraction of sp³-hybridized carbons (Fsp3) is 0.684. The van der Waals surface area contributed by atoms with Crippen molar-refractivity contribution in [2.24, 2.45) is 17.4 Å². The molecule has 0 rings (SSSR count). The Labute approximate surface area is 190 Å². The van der Waals surface area contributed by atoms with Gasteiger partial charge in [0.25, 0.3) is 0 Å². The molecule has 0 radical (unpaired) electrons. The zero-order valence-electron chi connectivity index (χ0n) is 18.7. The molecule has 0 aromatic carbocycles. The quantitative estimate of drug-likeness (QED) is 0.119. The predicted molar refractivity (Wildman–Crippen MR) is 113 cm³/mol. The number of aliphatic hydroxyl groups excluding tert-OH is 1. The van der Waals surface area contributed by atoms with Crippen LogP contribution in [-0.4, -0.2) is 81.2 Å². The molecule has 0 fully saturated rings. The minimum atomic E-state index is -1.60. The molecule has 5 unspecified atom stereocenters. The Balaban J connectivity index is 5.43. The number of aliphatic hydroxyl groups is 1. The maximum absolute atomic E-state index is 12.8. The molecule has 0 aromatic rings. The second-order valence-electron chi connectivity index (χ2n) is 8.03. The molecular weight excluding hydrogens is 442 g/mol. The second kappa shape index (κ2) is 14.0. The zero-order valence-corrected chi connectivity index (χ0v) is 18.7. The lowest BCUT2D eigenvalue weighted by Gasteiger charge is -2.27. The summed E-state index contributed by atoms with van der Waals surface area (Å²) in [6.45, 7) is 4.69. The topological polar surface area (TPSA) is 251 Å². The largest absolute Gasteiger partial charge is 0.481 e. The summed E-state index contributed by atoms with van der Waals surface area (Å²) < 4.78 is 0. The number of carbonyl (C=O) groups excluding carboxylic acids is 4. The fourth-order valence-corrected chi connectivity index (χ4v) is 2.74. The van der Waals surface area contributed by atoms with Crippen LogP contribution in [0, 0.1) is 5.92 Å². The number of amides is 4. The summed E-state index contributed by atoms with van der Waals surface area (Å²) in [5.41, 5.74) is 10.6. The van der Waals surface area contributed by atoms with Gasteiger partial charge in [-0.2, -0.15) is 0 Å². The van der Waals surface area contributed by atoms with Crippen LogP contribution >= 0.6 is 0 Å². The van der Waals surface area contributed by atoms with Gasteiger partial charge in [-0.1, -0.05) is 13.8 Å². The van der Waals surface area contributed by atoms with E-state index in [0.717, 1.165) is 0 Å². The monoisotopic (exact) mass is 475 g/mol. The lowest BCUT2D eigenvalue weighted by molar-refractivity contribution is -0.144. The van der Waals surface area contributed by atoms with Crippen molar-refractivity contribution in [2.45, 2.75) is 76.7 Å². The molecule has 0 aliphatic heterocycles. The lowest BCUT2D eigenvalue weighted by atomic mass is 10.0. The van der Waals surface area contributed by atoms with Gasteiger partial charge in [-0.3, -0.25) is 24.0 Å². The standard InChI is InChI=1S/C19H33N5O9/c1-8(2)6-12(23-16(29)10(20)7-13(21)26)17(30)24-15(9(3)25)18(31)22-11(19(32)33)4-5-14(27)28/h8-12,15,25H,4-7,20H2,1-3H3,(H2,21,26)(H,22,31)(H,23,29)(H,24,30)(H,27,28)(H,32,33). The van der Waals surface area contributed by atoms with Crippen molar-refractivity contribution in [3.05, 3.63) is 0 Å². The van der Waals surface area contributed by atoms with E-state index in [-0.39, 0.29) is 12.3 Å². The van der Waals surface area contributed by atoms with Crippen LogP contribution in [0.2, 0.25) is 0 Å². The maximum atomic E-state index is 12.8. The molecular formula is C19H33N5O9. The van der Waals surface area contributed by atoms with Gasteiger partial charge >= 0.3 is 11.9 Å². The predicted octanol–water partition coefficient (Wildman–Crippen LogP) is -2.98. The fourth-order valence-electron chi connectivity index (χ4n) is 2.74. The van der Waals surface area contributed by atoms with E-state index in [1.54, 1.807) is 13.8 Å².